The number of anilines is 1. The zero-order valence-electron chi connectivity index (χ0n) is 18.0. The second kappa shape index (κ2) is 9.72. The monoisotopic (exact) mass is 454 g/mol. The van der Waals surface area contributed by atoms with Crippen LogP contribution in [-0.2, 0) is 0 Å². The minimum Gasteiger partial charge on any atom is -0.494 e. The SMILES string of the molecule is CCOc1ccc2nc(N(CCN(CC)CC)C(=O)c3ccc4ncsc4c3)sc2c1. The molecule has 0 aliphatic heterocycles. The number of hydrogen-bond acceptors (Lipinski definition) is 7. The van der Waals surface area contributed by atoms with Crippen molar-refractivity contribution in [2.45, 2.75) is 20.8 Å². The first kappa shape index (κ1) is 21.7. The molecule has 0 aliphatic carbocycles. The predicted octanol–water partition coefficient (Wildman–Crippen LogP) is 5.29. The van der Waals surface area contributed by atoms with Crippen molar-refractivity contribution in [1.29, 1.82) is 0 Å². The fourth-order valence-corrected chi connectivity index (χ4v) is 5.21. The third-order valence-corrected chi connectivity index (χ3v) is 7.08. The van der Waals surface area contributed by atoms with Crippen LogP contribution in [0.25, 0.3) is 20.4 Å². The number of amides is 1. The Morgan fingerprint density at radius 3 is 2.58 bits per heavy atom. The number of benzene rings is 2. The fourth-order valence-electron chi connectivity index (χ4n) is 3.47. The average Bonchev–Trinajstić information content (AvgIpc) is 3.42. The molecule has 162 valence electrons. The van der Waals surface area contributed by atoms with E-state index in [0.29, 0.717) is 23.8 Å². The van der Waals surface area contributed by atoms with Crippen molar-refractivity contribution in [2.75, 3.05) is 37.7 Å². The van der Waals surface area contributed by atoms with Crippen LogP contribution in [0.1, 0.15) is 31.1 Å². The average molecular weight is 455 g/mol. The predicted molar refractivity (Wildman–Crippen MR) is 130 cm³/mol. The molecule has 0 N–H and O–H groups in total. The minimum absolute atomic E-state index is 0.0356. The molecule has 0 atom stereocenters. The number of rotatable bonds is 9. The first-order valence-electron chi connectivity index (χ1n) is 10.5. The molecule has 8 heteroatoms. The maximum atomic E-state index is 13.6. The third kappa shape index (κ3) is 4.71. The molecule has 0 fully saturated rings. The molecule has 0 unspecified atom stereocenters. The van der Waals surface area contributed by atoms with Gasteiger partial charge in [-0.3, -0.25) is 9.69 Å². The Morgan fingerprint density at radius 2 is 1.81 bits per heavy atom. The van der Waals surface area contributed by atoms with Crippen molar-refractivity contribution in [3.05, 3.63) is 47.5 Å². The van der Waals surface area contributed by atoms with Crippen LogP contribution in [0.4, 0.5) is 5.13 Å². The Kier molecular flexibility index (Phi) is 6.80. The molecule has 0 aliphatic rings. The third-order valence-electron chi connectivity index (χ3n) is 5.25. The van der Waals surface area contributed by atoms with Crippen LogP contribution < -0.4 is 9.64 Å². The smallest absolute Gasteiger partial charge is 0.260 e. The first-order valence-corrected chi connectivity index (χ1v) is 12.2. The van der Waals surface area contributed by atoms with E-state index >= 15 is 0 Å². The van der Waals surface area contributed by atoms with E-state index in [1.807, 2.05) is 48.2 Å². The van der Waals surface area contributed by atoms with Gasteiger partial charge in [-0.1, -0.05) is 25.2 Å². The normalized spacial score (nSPS) is 11.5. The zero-order chi connectivity index (χ0) is 21.8. The summed E-state index contributed by atoms with van der Waals surface area (Å²) in [4.78, 5) is 26.8. The van der Waals surface area contributed by atoms with Gasteiger partial charge in [0.2, 0.25) is 0 Å². The summed E-state index contributed by atoms with van der Waals surface area (Å²) >= 11 is 3.07. The number of ether oxygens (including phenoxy) is 1. The lowest BCUT2D eigenvalue weighted by Crippen LogP contribution is -2.38. The molecule has 1 amide bonds. The topological polar surface area (TPSA) is 58.6 Å². The van der Waals surface area contributed by atoms with Gasteiger partial charge in [-0.2, -0.15) is 0 Å². The highest BCUT2D eigenvalue weighted by Crippen LogP contribution is 2.32. The number of carbonyl (C=O) groups excluding carboxylic acids is 1. The van der Waals surface area contributed by atoms with Crippen molar-refractivity contribution < 1.29 is 9.53 Å². The van der Waals surface area contributed by atoms with Gasteiger partial charge in [0, 0.05) is 18.7 Å². The summed E-state index contributed by atoms with van der Waals surface area (Å²) in [5.74, 6) is 0.786. The van der Waals surface area contributed by atoms with Crippen LogP contribution in [0.5, 0.6) is 5.75 Å². The largest absolute Gasteiger partial charge is 0.494 e. The van der Waals surface area contributed by atoms with Gasteiger partial charge >= 0.3 is 0 Å². The summed E-state index contributed by atoms with van der Waals surface area (Å²) in [7, 11) is 0. The van der Waals surface area contributed by atoms with E-state index in [9.17, 15) is 4.79 Å². The Morgan fingerprint density at radius 1 is 1.00 bits per heavy atom. The summed E-state index contributed by atoms with van der Waals surface area (Å²) in [5.41, 5.74) is 4.26. The Bertz CT molecular complexity index is 1180. The maximum absolute atomic E-state index is 13.6. The van der Waals surface area contributed by atoms with Gasteiger partial charge < -0.3 is 9.64 Å². The van der Waals surface area contributed by atoms with Gasteiger partial charge in [0.15, 0.2) is 5.13 Å². The summed E-state index contributed by atoms with van der Waals surface area (Å²) < 4.78 is 7.66. The molecule has 2 heterocycles. The van der Waals surface area contributed by atoms with Crippen molar-refractivity contribution in [1.82, 2.24) is 14.9 Å². The van der Waals surface area contributed by atoms with E-state index in [1.54, 1.807) is 16.8 Å². The summed E-state index contributed by atoms with van der Waals surface area (Å²) in [6.45, 7) is 10.1. The molecule has 2 aromatic heterocycles. The molecule has 4 aromatic rings. The highest BCUT2D eigenvalue weighted by Gasteiger charge is 2.22. The fraction of sp³-hybridized carbons (Fsp3) is 0.348. The van der Waals surface area contributed by atoms with Gasteiger partial charge in [0.25, 0.3) is 5.91 Å². The highest BCUT2D eigenvalue weighted by atomic mass is 32.1. The van der Waals surface area contributed by atoms with Crippen molar-refractivity contribution in [3.8, 4) is 5.75 Å². The molecule has 0 spiro atoms. The van der Waals surface area contributed by atoms with Gasteiger partial charge in [-0.15, -0.1) is 11.3 Å². The molecule has 0 saturated carbocycles. The van der Waals surface area contributed by atoms with Crippen LogP contribution in [0, 0.1) is 0 Å². The molecule has 31 heavy (non-hydrogen) atoms. The molecular formula is C23H26N4O2S2. The van der Waals surface area contributed by atoms with Crippen LogP contribution in [0.3, 0.4) is 0 Å². The van der Waals surface area contributed by atoms with Crippen LogP contribution >= 0.6 is 22.7 Å². The summed E-state index contributed by atoms with van der Waals surface area (Å²) in [6.07, 6.45) is 0. The lowest BCUT2D eigenvalue weighted by atomic mass is 10.2. The number of carbonyl (C=O) groups is 1. The number of nitrogens with zero attached hydrogens (tertiary/aromatic N) is 4. The highest BCUT2D eigenvalue weighted by molar-refractivity contribution is 7.22. The standard InChI is InChI=1S/C23H26N4O2S2/c1-4-26(5-2)11-12-27(22(28)16-7-9-18-20(13-16)30-15-24-18)23-25-19-10-8-17(29-6-3)14-21(19)31-23/h7-10,13-15H,4-6,11-12H2,1-3H3. The van der Waals surface area contributed by atoms with Gasteiger partial charge in [-0.25, -0.2) is 9.97 Å². The summed E-state index contributed by atoms with van der Waals surface area (Å²) in [5, 5.41) is 0.713. The number of thiazole rings is 2. The van der Waals surface area contributed by atoms with E-state index < -0.39 is 0 Å². The zero-order valence-corrected chi connectivity index (χ0v) is 19.6. The minimum atomic E-state index is -0.0356. The summed E-state index contributed by atoms with van der Waals surface area (Å²) in [6, 6.07) is 11.6. The van der Waals surface area contributed by atoms with Crippen molar-refractivity contribution in [2.24, 2.45) is 0 Å². The molecule has 4 rings (SSSR count). The van der Waals surface area contributed by atoms with E-state index in [0.717, 1.165) is 45.8 Å². The molecule has 0 bridgehead atoms. The van der Waals surface area contributed by atoms with Crippen LogP contribution in [0.15, 0.2) is 41.9 Å². The second-order valence-corrected chi connectivity index (χ2v) is 8.97. The molecule has 6 nitrogen and oxygen atoms in total. The molecular weight excluding hydrogens is 428 g/mol. The first-order chi connectivity index (χ1) is 15.1. The van der Waals surface area contributed by atoms with Crippen molar-refractivity contribution >= 4 is 54.1 Å². The van der Waals surface area contributed by atoms with Gasteiger partial charge in [0.1, 0.15) is 5.75 Å². The van der Waals surface area contributed by atoms with Crippen molar-refractivity contribution in [3.63, 3.8) is 0 Å². The lowest BCUT2D eigenvalue weighted by Gasteiger charge is -2.24. The van der Waals surface area contributed by atoms with E-state index in [4.69, 9.17) is 9.72 Å². The second-order valence-electron chi connectivity index (χ2n) is 7.08. The van der Waals surface area contributed by atoms with Gasteiger partial charge in [0.05, 0.1) is 32.6 Å². The number of hydrogen-bond donors (Lipinski definition) is 0. The molecule has 0 saturated heterocycles. The Labute approximate surface area is 190 Å². The molecule has 2 aromatic carbocycles. The Hall–Kier alpha value is -2.55. The number of aromatic nitrogens is 2. The maximum Gasteiger partial charge on any atom is 0.260 e. The number of fused-ring (bicyclic) bond motifs is 2. The van der Waals surface area contributed by atoms with E-state index in [-0.39, 0.29) is 5.91 Å². The van der Waals surface area contributed by atoms with Crippen LogP contribution in [0.2, 0.25) is 0 Å². The van der Waals surface area contributed by atoms with Crippen LogP contribution in [-0.4, -0.2) is 53.6 Å². The van der Waals surface area contributed by atoms with E-state index in [1.165, 1.54) is 11.3 Å². The van der Waals surface area contributed by atoms with E-state index in [2.05, 4.69) is 23.7 Å². The van der Waals surface area contributed by atoms with Gasteiger partial charge in [-0.05, 0) is 56.4 Å². The number of likely N-dealkylation sites (N-methyl/N-ethyl adjacent to an activating group) is 1. The molecule has 0 radical (unpaired) electrons. The Balaban J connectivity index is 1.69. The lowest BCUT2D eigenvalue weighted by molar-refractivity contribution is 0.0984. The quantitative estimate of drug-likeness (QED) is 0.344.